The quantitative estimate of drug-likeness (QED) is 0.734. The van der Waals surface area contributed by atoms with Crippen molar-refractivity contribution in [1.29, 1.82) is 0 Å². The minimum atomic E-state index is 0.158. The lowest BCUT2D eigenvalue weighted by Crippen LogP contribution is -2.11. The van der Waals surface area contributed by atoms with Crippen molar-refractivity contribution in [2.75, 3.05) is 0 Å². The summed E-state index contributed by atoms with van der Waals surface area (Å²) in [4.78, 5) is 4.05. The summed E-state index contributed by atoms with van der Waals surface area (Å²) in [6, 6.07) is 10.7. The third-order valence-electron chi connectivity index (χ3n) is 2.78. The van der Waals surface area contributed by atoms with E-state index in [2.05, 4.69) is 59.9 Å². The number of pyridine rings is 1. The Hall–Kier alpha value is -1.15. The summed E-state index contributed by atoms with van der Waals surface area (Å²) in [6.07, 6.45) is 3.65. The molecule has 0 aliphatic rings. The maximum absolute atomic E-state index is 4.05. The second kappa shape index (κ2) is 4.61. The summed E-state index contributed by atoms with van der Waals surface area (Å²) in [6.45, 7) is 6.68. The van der Waals surface area contributed by atoms with E-state index < -0.39 is 0 Å². The van der Waals surface area contributed by atoms with Gasteiger partial charge in [0.25, 0.3) is 0 Å². The standard InChI is InChI=1S/C15H16BrN/c1-15(2,3)13-8-12(9-14(16)10-13)11-4-6-17-7-5-11/h4-10H,1-3H3. The molecule has 0 aliphatic carbocycles. The van der Waals surface area contributed by atoms with Gasteiger partial charge in [-0.15, -0.1) is 0 Å². The van der Waals surface area contributed by atoms with Crippen molar-refractivity contribution in [2.45, 2.75) is 26.2 Å². The molecule has 0 radical (unpaired) electrons. The van der Waals surface area contributed by atoms with E-state index in [0.29, 0.717) is 0 Å². The monoisotopic (exact) mass is 289 g/mol. The third-order valence-corrected chi connectivity index (χ3v) is 3.24. The minimum absolute atomic E-state index is 0.158. The lowest BCUT2D eigenvalue weighted by molar-refractivity contribution is 0.590. The molecular formula is C15H16BrN. The second-order valence-electron chi connectivity index (χ2n) is 5.21. The van der Waals surface area contributed by atoms with E-state index in [1.165, 1.54) is 16.7 Å². The van der Waals surface area contributed by atoms with Crippen molar-refractivity contribution in [3.05, 3.63) is 52.8 Å². The van der Waals surface area contributed by atoms with Crippen LogP contribution in [0.15, 0.2) is 47.2 Å². The van der Waals surface area contributed by atoms with Gasteiger partial charge in [-0.05, 0) is 46.4 Å². The molecule has 1 aromatic carbocycles. The van der Waals surface area contributed by atoms with E-state index in [1.54, 1.807) is 0 Å². The number of rotatable bonds is 1. The van der Waals surface area contributed by atoms with E-state index >= 15 is 0 Å². The van der Waals surface area contributed by atoms with Gasteiger partial charge in [-0.3, -0.25) is 4.98 Å². The molecule has 1 nitrogen and oxygen atoms in total. The topological polar surface area (TPSA) is 12.9 Å². The molecule has 0 saturated heterocycles. The van der Waals surface area contributed by atoms with Crippen molar-refractivity contribution in [3.8, 4) is 11.1 Å². The van der Waals surface area contributed by atoms with Gasteiger partial charge in [0.2, 0.25) is 0 Å². The molecule has 2 aromatic rings. The van der Waals surface area contributed by atoms with Gasteiger partial charge >= 0.3 is 0 Å². The van der Waals surface area contributed by atoms with Gasteiger partial charge in [-0.2, -0.15) is 0 Å². The molecular weight excluding hydrogens is 274 g/mol. The molecule has 2 heteroatoms. The molecule has 1 aromatic heterocycles. The van der Waals surface area contributed by atoms with E-state index in [-0.39, 0.29) is 5.41 Å². The molecule has 1 heterocycles. The zero-order chi connectivity index (χ0) is 12.5. The van der Waals surface area contributed by atoms with Crippen LogP contribution in [0.5, 0.6) is 0 Å². The summed E-state index contributed by atoms with van der Waals surface area (Å²) >= 11 is 3.59. The van der Waals surface area contributed by atoms with Gasteiger partial charge in [0.1, 0.15) is 0 Å². The van der Waals surface area contributed by atoms with Crippen molar-refractivity contribution in [1.82, 2.24) is 4.98 Å². The van der Waals surface area contributed by atoms with Crippen LogP contribution in [0.3, 0.4) is 0 Å². The van der Waals surface area contributed by atoms with Crippen molar-refractivity contribution >= 4 is 15.9 Å². The highest BCUT2D eigenvalue weighted by Crippen LogP contribution is 2.30. The normalized spacial score (nSPS) is 11.5. The van der Waals surface area contributed by atoms with Crippen LogP contribution in [0.25, 0.3) is 11.1 Å². The Morgan fingerprint density at radius 1 is 0.941 bits per heavy atom. The molecule has 0 bridgehead atoms. The summed E-state index contributed by atoms with van der Waals surface area (Å²) in [5, 5.41) is 0. The highest BCUT2D eigenvalue weighted by Gasteiger charge is 2.15. The van der Waals surface area contributed by atoms with E-state index in [9.17, 15) is 0 Å². The lowest BCUT2D eigenvalue weighted by atomic mass is 9.85. The van der Waals surface area contributed by atoms with Crippen LogP contribution in [0.4, 0.5) is 0 Å². The second-order valence-corrected chi connectivity index (χ2v) is 6.13. The molecule has 17 heavy (non-hydrogen) atoms. The number of aromatic nitrogens is 1. The first-order valence-electron chi connectivity index (χ1n) is 5.68. The third kappa shape index (κ3) is 2.95. The first-order valence-corrected chi connectivity index (χ1v) is 6.47. The molecule has 0 N–H and O–H groups in total. The Morgan fingerprint density at radius 2 is 1.59 bits per heavy atom. The molecule has 0 amide bonds. The highest BCUT2D eigenvalue weighted by molar-refractivity contribution is 9.10. The Balaban J connectivity index is 2.54. The van der Waals surface area contributed by atoms with Crippen LogP contribution < -0.4 is 0 Å². The maximum atomic E-state index is 4.05. The van der Waals surface area contributed by atoms with E-state index in [1.807, 2.05) is 24.5 Å². The van der Waals surface area contributed by atoms with Crippen molar-refractivity contribution in [3.63, 3.8) is 0 Å². The summed E-state index contributed by atoms with van der Waals surface area (Å²) < 4.78 is 1.12. The Kier molecular flexibility index (Phi) is 3.34. The van der Waals surface area contributed by atoms with Gasteiger partial charge in [0.05, 0.1) is 0 Å². The van der Waals surface area contributed by atoms with Crippen LogP contribution >= 0.6 is 15.9 Å². The predicted molar refractivity (Wildman–Crippen MR) is 76.1 cm³/mol. The Labute approximate surface area is 111 Å². The van der Waals surface area contributed by atoms with Crippen LogP contribution in [0.2, 0.25) is 0 Å². The van der Waals surface area contributed by atoms with Crippen molar-refractivity contribution in [2.24, 2.45) is 0 Å². The van der Waals surface area contributed by atoms with E-state index in [4.69, 9.17) is 0 Å². The molecule has 0 unspecified atom stereocenters. The summed E-state index contributed by atoms with van der Waals surface area (Å²) in [7, 11) is 0. The minimum Gasteiger partial charge on any atom is -0.265 e. The fourth-order valence-electron chi connectivity index (χ4n) is 1.73. The number of nitrogens with zero attached hydrogens (tertiary/aromatic N) is 1. The predicted octanol–water partition coefficient (Wildman–Crippen LogP) is 4.81. The molecule has 0 spiro atoms. The molecule has 0 fully saturated rings. The van der Waals surface area contributed by atoms with E-state index in [0.717, 1.165) is 4.47 Å². The van der Waals surface area contributed by atoms with Crippen LogP contribution in [0, 0.1) is 0 Å². The largest absolute Gasteiger partial charge is 0.265 e. The zero-order valence-electron chi connectivity index (χ0n) is 10.4. The fourth-order valence-corrected chi connectivity index (χ4v) is 2.23. The number of benzene rings is 1. The summed E-state index contributed by atoms with van der Waals surface area (Å²) in [5.74, 6) is 0. The zero-order valence-corrected chi connectivity index (χ0v) is 12.0. The van der Waals surface area contributed by atoms with Gasteiger partial charge in [0.15, 0.2) is 0 Å². The Bertz CT molecular complexity index is 512. The number of halogens is 1. The number of hydrogen-bond donors (Lipinski definition) is 0. The smallest absolute Gasteiger partial charge is 0.0273 e. The van der Waals surface area contributed by atoms with Crippen molar-refractivity contribution < 1.29 is 0 Å². The Morgan fingerprint density at radius 3 is 2.18 bits per heavy atom. The summed E-state index contributed by atoms with van der Waals surface area (Å²) in [5.41, 5.74) is 3.92. The SMILES string of the molecule is CC(C)(C)c1cc(Br)cc(-c2ccncc2)c1. The lowest BCUT2D eigenvalue weighted by Gasteiger charge is -2.20. The van der Waals surface area contributed by atoms with Gasteiger partial charge in [-0.1, -0.05) is 42.8 Å². The maximum Gasteiger partial charge on any atom is 0.0273 e. The highest BCUT2D eigenvalue weighted by atomic mass is 79.9. The first kappa shape index (κ1) is 12.3. The average molecular weight is 290 g/mol. The van der Waals surface area contributed by atoms with Crippen LogP contribution in [0.1, 0.15) is 26.3 Å². The molecule has 88 valence electrons. The van der Waals surface area contributed by atoms with Gasteiger partial charge in [0, 0.05) is 16.9 Å². The first-order chi connectivity index (χ1) is 7.97. The molecule has 0 aliphatic heterocycles. The molecule has 0 atom stereocenters. The van der Waals surface area contributed by atoms with Crippen LogP contribution in [-0.4, -0.2) is 4.98 Å². The average Bonchev–Trinajstić information content (AvgIpc) is 2.28. The molecule has 0 saturated carbocycles. The van der Waals surface area contributed by atoms with Crippen LogP contribution in [-0.2, 0) is 5.41 Å². The number of hydrogen-bond acceptors (Lipinski definition) is 1. The molecule has 2 rings (SSSR count). The van der Waals surface area contributed by atoms with Gasteiger partial charge in [-0.25, -0.2) is 0 Å². The van der Waals surface area contributed by atoms with Gasteiger partial charge < -0.3 is 0 Å². The fraction of sp³-hybridized carbons (Fsp3) is 0.267.